The van der Waals surface area contributed by atoms with Crippen molar-refractivity contribution in [2.45, 2.75) is 30.3 Å². The molecule has 2 aromatic carbocycles. The third-order valence-electron chi connectivity index (χ3n) is 3.92. The number of fused-ring (bicyclic) bond motifs is 1. The number of carbonyl (C=O) groups is 2. The van der Waals surface area contributed by atoms with Crippen LogP contribution in [0.3, 0.4) is 0 Å². The van der Waals surface area contributed by atoms with Crippen LogP contribution in [0.4, 0.5) is 0 Å². The zero-order valence-electron chi connectivity index (χ0n) is 15.0. The minimum absolute atomic E-state index is 0.117. The van der Waals surface area contributed by atoms with Crippen LogP contribution in [0.25, 0.3) is 10.2 Å². The third kappa shape index (κ3) is 5.30. The van der Waals surface area contributed by atoms with E-state index >= 15 is 0 Å². The highest BCUT2D eigenvalue weighted by Gasteiger charge is 2.20. The van der Waals surface area contributed by atoms with Gasteiger partial charge in [0.2, 0.25) is 0 Å². The van der Waals surface area contributed by atoms with Gasteiger partial charge in [-0.25, -0.2) is 4.98 Å². The number of esters is 1. The van der Waals surface area contributed by atoms with Gasteiger partial charge < -0.3 is 10.1 Å². The average Bonchev–Trinajstić information content (AvgIpc) is 3.10. The Hall–Kier alpha value is -2.38. The molecular weight excluding hydrogens is 380 g/mol. The largest absolute Gasteiger partial charge is 0.452 e. The van der Waals surface area contributed by atoms with Crippen LogP contribution in [0.5, 0.6) is 0 Å². The number of para-hydroxylation sites is 1. The maximum atomic E-state index is 12.2. The van der Waals surface area contributed by atoms with Gasteiger partial charge in [-0.2, -0.15) is 0 Å². The summed E-state index contributed by atoms with van der Waals surface area (Å²) in [6.45, 7) is 3.47. The molecule has 0 aliphatic heterocycles. The van der Waals surface area contributed by atoms with Gasteiger partial charge in [-0.3, -0.25) is 9.59 Å². The van der Waals surface area contributed by atoms with Crippen molar-refractivity contribution in [3.05, 3.63) is 60.2 Å². The molecule has 1 aromatic heterocycles. The van der Waals surface area contributed by atoms with Gasteiger partial charge in [0.25, 0.3) is 5.91 Å². The number of nitrogens with zero attached hydrogens (tertiary/aromatic N) is 1. The molecule has 2 atom stereocenters. The fourth-order valence-corrected chi connectivity index (χ4v) is 4.33. The molecule has 1 heterocycles. The Morgan fingerprint density at radius 1 is 1.11 bits per heavy atom. The van der Waals surface area contributed by atoms with Gasteiger partial charge in [0.15, 0.2) is 10.4 Å². The van der Waals surface area contributed by atoms with Crippen molar-refractivity contribution < 1.29 is 14.3 Å². The fourth-order valence-electron chi connectivity index (χ4n) is 2.47. The quantitative estimate of drug-likeness (QED) is 0.476. The molecule has 140 valence electrons. The first-order valence-corrected chi connectivity index (χ1v) is 10.4. The highest BCUT2D eigenvalue weighted by Crippen LogP contribution is 2.29. The Bertz CT molecular complexity index is 894. The SMILES string of the molecule is CC(OC(=O)CSc1nc2ccccc2s1)C(=O)NC(C)c1ccccc1. The van der Waals surface area contributed by atoms with Gasteiger partial charge in [0.1, 0.15) is 0 Å². The first-order chi connectivity index (χ1) is 13.0. The van der Waals surface area contributed by atoms with Crippen LogP contribution in [0.15, 0.2) is 58.9 Å². The number of hydrogen-bond donors (Lipinski definition) is 1. The van der Waals surface area contributed by atoms with E-state index in [0.717, 1.165) is 20.1 Å². The molecule has 0 aliphatic rings. The van der Waals surface area contributed by atoms with Crippen LogP contribution in [0.1, 0.15) is 25.5 Å². The molecule has 0 bridgehead atoms. The van der Waals surface area contributed by atoms with Crippen molar-refractivity contribution >= 4 is 45.2 Å². The lowest BCUT2D eigenvalue weighted by Gasteiger charge is -2.18. The first-order valence-electron chi connectivity index (χ1n) is 8.56. The standard InChI is InChI=1S/C20H20N2O3S2/c1-13(15-8-4-3-5-9-15)21-19(24)14(2)25-18(23)12-26-20-22-16-10-6-7-11-17(16)27-20/h3-11,13-14H,12H2,1-2H3,(H,21,24). The van der Waals surface area contributed by atoms with Crippen molar-refractivity contribution in [1.82, 2.24) is 10.3 Å². The van der Waals surface area contributed by atoms with Gasteiger partial charge in [-0.05, 0) is 31.5 Å². The van der Waals surface area contributed by atoms with Crippen molar-refractivity contribution in [3.8, 4) is 0 Å². The minimum atomic E-state index is -0.848. The van der Waals surface area contributed by atoms with E-state index in [-0.39, 0.29) is 17.7 Å². The maximum absolute atomic E-state index is 12.2. The molecule has 3 aromatic rings. The summed E-state index contributed by atoms with van der Waals surface area (Å²) in [4.78, 5) is 28.8. The number of ether oxygens (including phenoxy) is 1. The molecule has 0 aliphatic carbocycles. The second-order valence-electron chi connectivity index (χ2n) is 6.01. The summed E-state index contributed by atoms with van der Waals surface area (Å²) < 4.78 is 7.14. The summed E-state index contributed by atoms with van der Waals surface area (Å²) in [5.74, 6) is -0.634. The van der Waals surface area contributed by atoms with Crippen LogP contribution in [-0.2, 0) is 14.3 Å². The van der Waals surface area contributed by atoms with E-state index in [9.17, 15) is 9.59 Å². The first kappa shape index (κ1) is 19.4. The Kier molecular flexibility index (Phi) is 6.47. The van der Waals surface area contributed by atoms with Crippen LogP contribution in [0, 0.1) is 0 Å². The van der Waals surface area contributed by atoms with Gasteiger partial charge in [0, 0.05) is 0 Å². The molecule has 0 radical (unpaired) electrons. The summed E-state index contributed by atoms with van der Waals surface area (Å²) >= 11 is 2.86. The molecule has 0 saturated heterocycles. The van der Waals surface area contributed by atoms with Crippen molar-refractivity contribution in [2.75, 3.05) is 5.75 Å². The molecule has 7 heteroatoms. The number of nitrogens with one attached hydrogen (secondary N) is 1. The number of aromatic nitrogens is 1. The predicted molar refractivity (Wildman–Crippen MR) is 109 cm³/mol. The van der Waals surface area contributed by atoms with Crippen LogP contribution in [0.2, 0.25) is 0 Å². The third-order valence-corrected chi connectivity index (χ3v) is 6.08. The summed E-state index contributed by atoms with van der Waals surface area (Å²) in [5.41, 5.74) is 1.91. The molecular formula is C20H20N2O3S2. The Morgan fingerprint density at radius 2 is 1.81 bits per heavy atom. The van der Waals surface area contributed by atoms with E-state index in [4.69, 9.17) is 4.74 Å². The van der Waals surface area contributed by atoms with Crippen molar-refractivity contribution in [2.24, 2.45) is 0 Å². The number of thiazole rings is 1. The van der Waals surface area contributed by atoms with E-state index in [1.807, 2.05) is 61.5 Å². The lowest BCUT2D eigenvalue weighted by molar-refractivity contribution is -0.152. The topological polar surface area (TPSA) is 68.3 Å². The van der Waals surface area contributed by atoms with E-state index < -0.39 is 12.1 Å². The molecule has 0 fully saturated rings. The number of carbonyl (C=O) groups excluding carboxylic acids is 2. The van der Waals surface area contributed by atoms with E-state index in [1.165, 1.54) is 23.1 Å². The minimum Gasteiger partial charge on any atom is -0.452 e. The summed E-state index contributed by atoms with van der Waals surface area (Å²) in [7, 11) is 0. The van der Waals surface area contributed by atoms with Crippen LogP contribution < -0.4 is 5.32 Å². The normalized spacial score (nSPS) is 13.1. The zero-order valence-corrected chi connectivity index (χ0v) is 16.7. The molecule has 2 unspecified atom stereocenters. The molecule has 3 rings (SSSR count). The summed E-state index contributed by atoms with van der Waals surface area (Å²) in [6, 6.07) is 17.3. The lowest BCUT2D eigenvalue weighted by Crippen LogP contribution is -2.37. The fraction of sp³-hybridized carbons (Fsp3) is 0.250. The van der Waals surface area contributed by atoms with Gasteiger partial charge in [0.05, 0.1) is 22.0 Å². The Balaban J connectivity index is 1.47. The highest BCUT2D eigenvalue weighted by atomic mass is 32.2. The second-order valence-corrected chi connectivity index (χ2v) is 8.26. The van der Waals surface area contributed by atoms with E-state index in [0.29, 0.717) is 0 Å². The smallest absolute Gasteiger partial charge is 0.317 e. The molecule has 1 amide bonds. The van der Waals surface area contributed by atoms with Crippen molar-refractivity contribution in [3.63, 3.8) is 0 Å². The number of hydrogen-bond acceptors (Lipinski definition) is 6. The van der Waals surface area contributed by atoms with Crippen LogP contribution >= 0.6 is 23.1 Å². The Labute approximate surface area is 166 Å². The molecule has 0 saturated carbocycles. The number of amides is 1. The van der Waals surface area contributed by atoms with Crippen molar-refractivity contribution in [1.29, 1.82) is 0 Å². The Morgan fingerprint density at radius 3 is 2.56 bits per heavy atom. The summed E-state index contributed by atoms with van der Waals surface area (Å²) in [5, 5.41) is 2.86. The molecule has 1 N–H and O–H groups in total. The van der Waals surface area contributed by atoms with E-state index in [2.05, 4.69) is 10.3 Å². The number of thioether (sulfide) groups is 1. The summed E-state index contributed by atoms with van der Waals surface area (Å²) in [6.07, 6.45) is -0.848. The number of benzene rings is 2. The van der Waals surface area contributed by atoms with Gasteiger partial charge in [-0.1, -0.05) is 54.2 Å². The zero-order chi connectivity index (χ0) is 19.2. The van der Waals surface area contributed by atoms with Gasteiger partial charge >= 0.3 is 5.97 Å². The molecule has 27 heavy (non-hydrogen) atoms. The maximum Gasteiger partial charge on any atom is 0.317 e. The molecule has 5 nitrogen and oxygen atoms in total. The number of rotatable bonds is 7. The lowest BCUT2D eigenvalue weighted by atomic mass is 10.1. The predicted octanol–water partition coefficient (Wildman–Crippen LogP) is 4.20. The van der Waals surface area contributed by atoms with E-state index in [1.54, 1.807) is 6.92 Å². The molecule has 0 spiro atoms. The second kappa shape index (κ2) is 9.01. The monoisotopic (exact) mass is 400 g/mol. The highest BCUT2D eigenvalue weighted by molar-refractivity contribution is 8.01. The average molecular weight is 401 g/mol. The van der Waals surface area contributed by atoms with Crippen LogP contribution in [-0.4, -0.2) is 28.7 Å². The van der Waals surface area contributed by atoms with Gasteiger partial charge in [-0.15, -0.1) is 11.3 Å².